The van der Waals surface area contributed by atoms with Crippen molar-refractivity contribution in [3.8, 4) is 5.75 Å². The summed E-state index contributed by atoms with van der Waals surface area (Å²) in [5.74, 6) is -0.526. The minimum Gasteiger partial charge on any atom is -0.489 e. The van der Waals surface area contributed by atoms with Crippen molar-refractivity contribution >= 4 is 11.8 Å². The van der Waals surface area contributed by atoms with Gasteiger partial charge in [0.25, 0.3) is 0 Å². The Morgan fingerprint density at radius 3 is 2.23 bits per heavy atom. The lowest BCUT2D eigenvalue weighted by molar-refractivity contribution is -0.151. The van der Waals surface area contributed by atoms with Gasteiger partial charge in [-0.25, -0.2) is 4.79 Å². The number of Topliss-reactive ketones (excluding diaryl/α,β-unsaturated/α-hetero) is 1. The number of benzene rings is 2. The van der Waals surface area contributed by atoms with Crippen LogP contribution in [0.3, 0.4) is 0 Å². The lowest BCUT2D eigenvalue weighted by atomic mass is 10.1. The third-order valence-electron chi connectivity index (χ3n) is 3.23. The first-order valence-corrected chi connectivity index (χ1v) is 7.06. The molecule has 0 bridgehead atoms. The maximum absolute atomic E-state index is 11.4. The summed E-state index contributed by atoms with van der Waals surface area (Å²) >= 11 is 0. The average molecular weight is 298 g/mol. The van der Waals surface area contributed by atoms with Crippen LogP contribution in [-0.2, 0) is 27.4 Å². The van der Waals surface area contributed by atoms with Crippen LogP contribution in [0.25, 0.3) is 0 Å². The molecule has 0 amide bonds. The number of aryl methyl sites for hydroxylation is 1. The van der Waals surface area contributed by atoms with Crippen LogP contribution in [0.2, 0.25) is 0 Å². The van der Waals surface area contributed by atoms with Gasteiger partial charge in [-0.2, -0.15) is 0 Å². The zero-order valence-electron chi connectivity index (χ0n) is 12.5. The van der Waals surface area contributed by atoms with Crippen LogP contribution >= 0.6 is 0 Å². The molecule has 2 rings (SSSR count). The lowest BCUT2D eigenvalue weighted by Crippen LogP contribution is -2.15. The third kappa shape index (κ3) is 4.74. The molecule has 0 radical (unpaired) electrons. The minimum absolute atomic E-state index is 0.150. The van der Waals surface area contributed by atoms with Gasteiger partial charge in [-0.05, 0) is 29.7 Å². The predicted octanol–water partition coefficient (Wildman–Crippen LogP) is 2.94. The molecule has 0 aliphatic carbocycles. The first kappa shape index (κ1) is 15.8. The highest BCUT2D eigenvalue weighted by atomic mass is 16.5. The molecule has 0 unspecified atom stereocenters. The van der Waals surface area contributed by atoms with Gasteiger partial charge in [0.05, 0.1) is 7.11 Å². The van der Waals surface area contributed by atoms with Crippen molar-refractivity contribution in [3.05, 3.63) is 65.7 Å². The van der Waals surface area contributed by atoms with E-state index in [1.54, 1.807) is 0 Å². The minimum atomic E-state index is -0.789. The molecular weight excluding hydrogens is 280 g/mol. The summed E-state index contributed by atoms with van der Waals surface area (Å²) in [6.45, 7) is 0.515. The van der Waals surface area contributed by atoms with E-state index in [1.807, 2.05) is 54.6 Å². The summed E-state index contributed by atoms with van der Waals surface area (Å²) in [5, 5.41) is 0. The average Bonchev–Trinajstić information content (AvgIpc) is 2.59. The van der Waals surface area contributed by atoms with E-state index in [0.29, 0.717) is 13.0 Å². The number of esters is 1. The monoisotopic (exact) mass is 298 g/mol. The number of ether oxygens (including phenoxy) is 2. The molecule has 2 aromatic carbocycles. The standard InChI is InChI=1S/C18H18O4/c1-21-18(20)17(19)12-9-14-7-10-16(11-8-14)22-13-15-5-3-2-4-6-15/h2-8,10-11H,9,12-13H2,1H3. The second kappa shape index (κ2) is 7.98. The summed E-state index contributed by atoms with van der Waals surface area (Å²) in [6.07, 6.45) is 0.657. The van der Waals surface area contributed by atoms with Crippen LogP contribution in [0, 0.1) is 0 Å². The Morgan fingerprint density at radius 2 is 1.59 bits per heavy atom. The maximum Gasteiger partial charge on any atom is 0.374 e. The molecule has 2 aromatic rings. The van der Waals surface area contributed by atoms with Crippen molar-refractivity contribution in [3.63, 3.8) is 0 Å². The van der Waals surface area contributed by atoms with E-state index in [9.17, 15) is 9.59 Å². The number of methoxy groups -OCH3 is 1. The molecule has 0 aliphatic rings. The second-order valence-electron chi connectivity index (χ2n) is 4.83. The van der Waals surface area contributed by atoms with Crippen molar-refractivity contribution < 1.29 is 19.1 Å². The number of rotatable bonds is 7. The molecular formula is C18H18O4. The number of hydrogen-bond donors (Lipinski definition) is 0. The fourth-order valence-corrected chi connectivity index (χ4v) is 1.97. The molecule has 0 spiro atoms. The highest BCUT2D eigenvalue weighted by molar-refractivity contribution is 6.33. The Kier molecular flexibility index (Phi) is 5.72. The normalized spacial score (nSPS) is 10.0. The second-order valence-corrected chi connectivity index (χ2v) is 4.83. The van der Waals surface area contributed by atoms with Gasteiger partial charge >= 0.3 is 5.97 Å². The predicted molar refractivity (Wildman–Crippen MR) is 82.6 cm³/mol. The number of ketones is 1. The van der Waals surface area contributed by atoms with Crippen molar-refractivity contribution in [2.45, 2.75) is 19.4 Å². The lowest BCUT2D eigenvalue weighted by Gasteiger charge is -2.07. The van der Waals surface area contributed by atoms with E-state index in [4.69, 9.17) is 4.74 Å². The molecule has 0 aliphatic heterocycles. The number of hydrogen-bond acceptors (Lipinski definition) is 4. The molecule has 22 heavy (non-hydrogen) atoms. The zero-order valence-corrected chi connectivity index (χ0v) is 12.5. The Balaban J connectivity index is 1.82. The van der Waals surface area contributed by atoms with Gasteiger partial charge in [-0.1, -0.05) is 42.5 Å². The van der Waals surface area contributed by atoms with Crippen LogP contribution in [0.5, 0.6) is 5.75 Å². The molecule has 0 saturated heterocycles. The Morgan fingerprint density at radius 1 is 0.909 bits per heavy atom. The van der Waals surface area contributed by atoms with E-state index >= 15 is 0 Å². The Labute approximate surface area is 129 Å². The molecule has 0 atom stereocenters. The quantitative estimate of drug-likeness (QED) is 0.582. The summed E-state index contributed by atoms with van der Waals surface area (Å²) in [4.78, 5) is 22.4. The summed E-state index contributed by atoms with van der Waals surface area (Å²) in [5.41, 5.74) is 2.08. The van der Waals surface area contributed by atoms with Crippen LogP contribution in [0.15, 0.2) is 54.6 Å². The molecule has 4 nitrogen and oxygen atoms in total. The summed E-state index contributed by atoms with van der Waals surface area (Å²) in [6, 6.07) is 17.4. The van der Waals surface area contributed by atoms with Gasteiger partial charge in [-0.15, -0.1) is 0 Å². The van der Waals surface area contributed by atoms with Crippen molar-refractivity contribution in [1.82, 2.24) is 0 Å². The van der Waals surface area contributed by atoms with Gasteiger partial charge in [0, 0.05) is 6.42 Å². The van der Waals surface area contributed by atoms with Gasteiger partial charge in [0.1, 0.15) is 12.4 Å². The number of carbonyl (C=O) groups excluding carboxylic acids is 2. The zero-order chi connectivity index (χ0) is 15.8. The molecule has 0 saturated carbocycles. The van der Waals surface area contributed by atoms with E-state index in [-0.39, 0.29) is 6.42 Å². The van der Waals surface area contributed by atoms with Crippen LogP contribution in [0.1, 0.15) is 17.5 Å². The molecule has 0 aromatic heterocycles. The molecule has 0 heterocycles. The SMILES string of the molecule is COC(=O)C(=O)CCc1ccc(OCc2ccccc2)cc1. The van der Waals surface area contributed by atoms with Crippen LogP contribution in [0.4, 0.5) is 0 Å². The molecule has 114 valence electrons. The van der Waals surface area contributed by atoms with E-state index < -0.39 is 11.8 Å². The van der Waals surface area contributed by atoms with Crippen LogP contribution in [-0.4, -0.2) is 18.9 Å². The molecule has 4 heteroatoms. The first-order valence-electron chi connectivity index (χ1n) is 7.06. The van der Waals surface area contributed by atoms with Gasteiger partial charge in [0.2, 0.25) is 5.78 Å². The van der Waals surface area contributed by atoms with E-state index in [0.717, 1.165) is 16.9 Å². The number of carbonyl (C=O) groups is 2. The fourth-order valence-electron chi connectivity index (χ4n) is 1.97. The topological polar surface area (TPSA) is 52.6 Å². The van der Waals surface area contributed by atoms with Crippen LogP contribution < -0.4 is 4.74 Å². The van der Waals surface area contributed by atoms with Gasteiger partial charge in [0.15, 0.2) is 0 Å². The van der Waals surface area contributed by atoms with Crippen molar-refractivity contribution in [1.29, 1.82) is 0 Å². The summed E-state index contributed by atoms with van der Waals surface area (Å²) < 4.78 is 10.1. The third-order valence-corrected chi connectivity index (χ3v) is 3.23. The van der Waals surface area contributed by atoms with Gasteiger partial charge < -0.3 is 9.47 Å². The Hall–Kier alpha value is -2.62. The maximum atomic E-state index is 11.4. The Bertz CT molecular complexity index is 617. The summed E-state index contributed by atoms with van der Waals surface area (Å²) in [7, 11) is 1.21. The van der Waals surface area contributed by atoms with E-state index in [2.05, 4.69) is 4.74 Å². The smallest absolute Gasteiger partial charge is 0.374 e. The fraction of sp³-hybridized carbons (Fsp3) is 0.222. The molecule has 0 N–H and O–H groups in total. The first-order chi connectivity index (χ1) is 10.7. The largest absolute Gasteiger partial charge is 0.489 e. The van der Waals surface area contributed by atoms with Crippen molar-refractivity contribution in [2.75, 3.05) is 7.11 Å². The highest BCUT2D eigenvalue weighted by Crippen LogP contribution is 2.15. The van der Waals surface area contributed by atoms with Gasteiger partial charge in [-0.3, -0.25) is 4.79 Å². The van der Waals surface area contributed by atoms with E-state index in [1.165, 1.54) is 7.11 Å². The van der Waals surface area contributed by atoms with Crippen molar-refractivity contribution in [2.24, 2.45) is 0 Å². The highest BCUT2D eigenvalue weighted by Gasteiger charge is 2.13. The molecule has 0 fully saturated rings.